The minimum absolute atomic E-state index is 0.459. The van der Waals surface area contributed by atoms with Gasteiger partial charge in [-0.05, 0) is 29.8 Å². The zero-order valence-electron chi connectivity index (χ0n) is 10.9. The number of nitrogens with one attached hydrogen (secondary N) is 1. The highest BCUT2D eigenvalue weighted by Gasteiger charge is 2.26. The smallest absolute Gasteiger partial charge is 0.0346 e. The van der Waals surface area contributed by atoms with Gasteiger partial charge in [-0.15, -0.1) is 0 Å². The van der Waals surface area contributed by atoms with Crippen LogP contribution in [0.3, 0.4) is 0 Å². The molecule has 2 nitrogen and oxygen atoms in total. The van der Waals surface area contributed by atoms with Crippen LogP contribution in [-0.4, -0.2) is 11.5 Å². The molecule has 3 rings (SSSR count). The fraction of sp³-hybridized carbons (Fsp3) is 0.438. The predicted octanol–water partition coefficient (Wildman–Crippen LogP) is 3.69. The summed E-state index contributed by atoms with van der Waals surface area (Å²) in [6.45, 7) is 3.19. The van der Waals surface area contributed by atoms with Crippen LogP contribution in [0.2, 0.25) is 0 Å². The lowest BCUT2D eigenvalue weighted by Crippen LogP contribution is -2.21. The molecule has 2 aromatic rings. The molecule has 1 saturated carbocycles. The van der Waals surface area contributed by atoms with Gasteiger partial charge in [0.25, 0.3) is 0 Å². The number of pyridine rings is 1. The van der Waals surface area contributed by atoms with Gasteiger partial charge in [0.05, 0.1) is 0 Å². The van der Waals surface area contributed by atoms with Crippen molar-refractivity contribution in [2.45, 2.75) is 32.2 Å². The minimum Gasteiger partial charge on any atom is -0.310 e. The van der Waals surface area contributed by atoms with Crippen molar-refractivity contribution in [2.75, 3.05) is 6.54 Å². The summed E-state index contributed by atoms with van der Waals surface area (Å²) in [6, 6.07) is 9.01. The first-order valence-electron chi connectivity index (χ1n) is 6.94. The molecule has 1 unspecified atom stereocenters. The number of aromatic nitrogens is 1. The van der Waals surface area contributed by atoms with Crippen LogP contribution in [0.25, 0.3) is 10.8 Å². The van der Waals surface area contributed by atoms with Gasteiger partial charge in [0.2, 0.25) is 0 Å². The molecular formula is C16H20N2. The average Bonchev–Trinajstić information content (AvgIpc) is 3.22. The van der Waals surface area contributed by atoms with Crippen molar-refractivity contribution in [3.8, 4) is 0 Å². The van der Waals surface area contributed by atoms with Crippen LogP contribution in [-0.2, 0) is 0 Å². The molecule has 1 aromatic carbocycles. The van der Waals surface area contributed by atoms with E-state index in [-0.39, 0.29) is 0 Å². The van der Waals surface area contributed by atoms with E-state index in [1.54, 1.807) is 0 Å². The Bertz CT molecular complexity index is 526. The van der Waals surface area contributed by atoms with E-state index >= 15 is 0 Å². The molecule has 1 aromatic heterocycles. The van der Waals surface area contributed by atoms with Gasteiger partial charge in [-0.3, -0.25) is 4.98 Å². The van der Waals surface area contributed by atoms with Crippen molar-refractivity contribution in [3.63, 3.8) is 0 Å². The fourth-order valence-electron chi connectivity index (χ4n) is 2.67. The van der Waals surface area contributed by atoms with Crippen molar-refractivity contribution >= 4 is 10.8 Å². The van der Waals surface area contributed by atoms with Crippen molar-refractivity contribution in [1.29, 1.82) is 0 Å². The monoisotopic (exact) mass is 240 g/mol. The Morgan fingerprint density at radius 2 is 2.11 bits per heavy atom. The summed E-state index contributed by atoms with van der Waals surface area (Å²) in [5.41, 5.74) is 1.36. The second-order valence-corrected chi connectivity index (χ2v) is 5.24. The highest BCUT2D eigenvalue weighted by atomic mass is 14.9. The van der Waals surface area contributed by atoms with E-state index in [1.807, 2.05) is 12.4 Å². The number of hydrogen-bond donors (Lipinski definition) is 1. The van der Waals surface area contributed by atoms with Crippen LogP contribution in [0.15, 0.2) is 36.7 Å². The number of nitrogens with zero attached hydrogens (tertiary/aromatic N) is 1. The summed E-state index contributed by atoms with van der Waals surface area (Å²) >= 11 is 0. The van der Waals surface area contributed by atoms with Crippen LogP contribution in [0, 0.1) is 5.92 Å². The maximum Gasteiger partial charge on any atom is 0.0346 e. The van der Waals surface area contributed by atoms with Gasteiger partial charge in [0.15, 0.2) is 0 Å². The van der Waals surface area contributed by atoms with Crippen molar-refractivity contribution in [3.05, 3.63) is 42.2 Å². The van der Waals surface area contributed by atoms with Gasteiger partial charge in [0, 0.05) is 23.8 Å². The first-order valence-corrected chi connectivity index (χ1v) is 6.94. The average molecular weight is 240 g/mol. The van der Waals surface area contributed by atoms with E-state index in [4.69, 9.17) is 0 Å². The van der Waals surface area contributed by atoms with Gasteiger partial charge in [-0.2, -0.15) is 0 Å². The lowest BCUT2D eigenvalue weighted by atomic mass is 9.97. The van der Waals surface area contributed by atoms with E-state index in [1.165, 1.54) is 35.6 Å². The molecule has 0 radical (unpaired) electrons. The van der Waals surface area contributed by atoms with E-state index in [0.29, 0.717) is 6.04 Å². The zero-order chi connectivity index (χ0) is 12.4. The van der Waals surface area contributed by atoms with Gasteiger partial charge in [0.1, 0.15) is 0 Å². The molecule has 2 heteroatoms. The second-order valence-electron chi connectivity index (χ2n) is 5.24. The van der Waals surface area contributed by atoms with E-state index < -0.39 is 0 Å². The Kier molecular flexibility index (Phi) is 3.28. The third-order valence-electron chi connectivity index (χ3n) is 3.79. The lowest BCUT2D eigenvalue weighted by Gasteiger charge is -2.19. The van der Waals surface area contributed by atoms with Crippen LogP contribution < -0.4 is 5.32 Å². The highest BCUT2D eigenvalue weighted by Crippen LogP contribution is 2.38. The lowest BCUT2D eigenvalue weighted by molar-refractivity contribution is 0.488. The molecule has 0 bridgehead atoms. The first kappa shape index (κ1) is 11.7. The molecule has 0 amide bonds. The Morgan fingerprint density at radius 1 is 1.28 bits per heavy atom. The predicted molar refractivity (Wildman–Crippen MR) is 75.5 cm³/mol. The van der Waals surface area contributed by atoms with Crippen LogP contribution >= 0.6 is 0 Å². The molecule has 1 aliphatic carbocycles. The maximum atomic E-state index is 4.40. The summed E-state index contributed by atoms with van der Waals surface area (Å²) in [5, 5.41) is 6.21. The van der Waals surface area contributed by atoms with Gasteiger partial charge in [-0.1, -0.05) is 44.0 Å². The summed E-state index contributed by atoms with van der Waals surface area (Å²) in [6.07, 6.45) is 8.06. The number of benzene rings is 1. The number of hydrogen-bond acceptors (Lipinski definition) is 2. The number of rotatable bonds is 5. The molecule has 0 saturated heterocycles. The minimum atomic E-state index is 0.459. The van der Waals surface area contributed by atoms with Gasteiger partial charge >= 0.3 is 0 Å². The van der Waals surface area contributed by atoms with E-state index in [9.17, 15) is 0 Å². The molecule has 94 valence electrons. The highest BCUT2D eigenvalue weighted by molar-refractivity contribution is 5.85. The Morgan fingerprint density at radius 3 is 2.89 bits per heavy atom. The molecular weight excluding hydrogens is 220 g/mol. The van der Waals surface area contributed by atoms with E-state index in [0.717, 1.165) is 12.5 Å². The van der Waals surface area contributed by atoms with Gasteiger partial charge in [-0.25, -0.2) is 0 Å². The fourth-order valence-corrected chi connectivity index (χ4v) is 2.67. The molecule has 0 aliphatic heterocycles. The Balaban J connectivity index is 1.98. The quantitative estimate of drug-likeness (QED) is 0.862. The molecule has 1 fully saturated rings. The van der Waals surface area contributed by atoms with Crippen molar-refractivity contribution in [2.24, 2.45) is 5.92 Å². The summed E-state index contributed by atoms with van der Waals surface area (Å²) < 4.78 is 0. The zero-order valence-corrected chi connectivity index (χ0v) is 10.9. The molecule has 1 heterocycles. The third-order valence-corrected chi connectivity index (χ3v) is 3.79. The normalized spacial score (nSPS) is 16.9. The maximum absolute atomic E-state index is 4.40. The largest absolute Gasteiger partial charge is 0.310 e. The summed E-state index contributed by atoms with van der Waals surface area (Å²) in [5.74, 6) is 0.924. The molecule has 0 spiro atoms. The number of fused-ring (bicyclic) bond motifs is 1. The topological polar surface area (TPSA) is 24.9 Å². The molecule has 18 heavy (non-hydrogen) atoms. The standard InChI is InChI=1S/C16H20N2/c1-2-18-16(9-12-7-8-12)15-11-17-10-13-5-3-4-6-14(13)15/h3-6,10-12,16,18H,2,7-9H2,1H3. The Hall–Kier alpha value is -1.41. The molecule has 1 N–H and O–H groups in total. The Labute approximate surface area is 108 Å². The summed E-state index contributed by atoms with van der Waals surface area (Å²) in [7, 11) is 0. The van der Waals surface area contributed by atoms with Crippen molar-refractivity contribution in [1.82, 2.24) is 10.3 Å². The van der Waals surface area contributed by atoms with E-state index in [2.05, 4.69) is 41.5 Å². The SMILES string of the molecule is CCNC(CC1CC1)c1cncc2ccccc12. The van der Waals surface area contributed by atoms with Crippen molar-refractivity contribution < 1.29 is 0 Å². The van der Waals surface area contributed by atoms with Crippen LogP contribution in [0.1, 0.15) is 37.8 Å². The van der Waals surface area contributed by atoms with Crippen LogP contribution in [0.4, 0.5) is 0 Å². The third kappa shape index (κ3) is 2.39. The molecule has 1 atom stereocenters. The van der Waals surface area contributed by atoms with Gasteiger partial charge < -0.3 is 5.32 Å². The molecule has 1 aliphatic rings. The summed E-state index contributed by atoms with van der Waals surface area (Å²) in [4.78, 5) is 4.40. The second kappa shape index (κ2) is 5.07. The first-order chi connectivity index (χ1) is 8.88. The van der Waals surface area contributed by atoms with Crippen LogP contribution in [0.5, 0.6) is 0 Å².